The third-order valence-corrected chi connectivity index (χ3v) is 2.93. The minimum atomic E-state index is 0.775. The molecule has 13 N–H and O–H groups in total. The summed E-state index contributed by atoms with van der Waals surface area (Å²) in [5.41, 5.74) is 31.4. The molecular weight excluding hydrogens is 290 g/mol. The van der Waals surface area contributed by atoms with Crippen molar-refractivity contribution in [3.63, 3.8) is 0 Å². The molecule has 0 radical (unpaired) electrons. The van der Waals surface area contributed by atoms with Gasteiger partial charge in [0.2, 0.25) is 0 Å². The highest BCUT2D eigenvalue weighted by Crippen LogP contribution is 1.88. The van der Waals surface area contributed by atoms with E-state index in [-0.39, 0.29) is 0 Å². The summed E-state index contributed by atoms with van der Waals surface area (Å²) in [6.45, 7) is 6.87. The van der Waals surface area contributed by atoms with E-state index in [9.17, 15) is 0 Å². The lowest BCUT2D eigenvalue weighted by Crippen LogP contribution is -2.19. The molecule has 0 amide bonds. The van der Waals surface area contributed by atoms with E-state index in [0.29, 0.717) is 0 Å². The fourth-order valence-corrected chi connectivity index (χ4v) is 1.50. The number of rotatable bonds is 14. The summed E-state index contributed by atoms with van der Waals surface area (Å²) in [5, 5.41) is 3.29. The van der Waals surface area contributed by atoms with Crippen molar-refractivity contribution in [3.05, 3.63) is 0 Å². The van der Waals surface area contributed by atoms with Crippen molar-refractivity contribution in [2.45, 2.75) is 51.4 Å². The van der Waals surface area contributed by atoms with Crippen molar-refractivity contribution in [2.75, 3.05) is 52.4 Å². The van der Waals surface area contributed by atoms with Gasteiger partial charge in [-0.1, -0.05) is 6.42 Å². The van der Waals surface area contributed by atoms with Crippen LogP contribution >= 0.6 is 0 Å². The van der Waals surface area contributed by atoms with Gasteiger partial charge in [0.05, 0.1) is 0 Å². The first-order chi connectivity index (χ1) is 11.2. The van der Waals surface area contributed by atoms with Crippen LogP contribution in [0.15, 0.2) is 0 Å². The van der Waals surface area contributed by atoms with Gasteiger partial charge < -0.3 is 39.7 Å². The molecule has 0 rings (SSSR count). The Balaban J connectivity index is -0.000000272. The summed E-state index contributed by atoms with van der Waals surface area (Å²) in [4.78, 5) is 0. The number of unbranched alkanes of at least 4 members (excludes halogenated alkanes) is 4. The summed E-state index contributed by atoms with van der Waals surface area (Å²) in [7, 11) is 0. The molecule has 0 bridgehead atoms. The average molecular weight is 336 g/mol. The maximum absolute atomic E-state index is 5.32. The fourth-order valence-electron chi connectivity index (χ4n) is 1.50. The topological polar surface area (TPSA) is 168 Å². The van der Waals surface area contributed by atoms with Crippen LogP contribution in [0.25, 0.3) is 0 Å². The summed E-state index contributed by atoms with van der Waals surface area (Å²) in [5.74, 6) is 0. The molecule has 0 fully saturated rings. The van der Waals surface area contributed by atoms with Crippen LogP contribution in [-0.2, 0) is 0 Å². The zero-order valence-corrected chi connectivity index (χ0v) is 15.3. The van der Waals surface area contributed by atoms with Gasteiger partial charge >= 0.3 is 0 Å². The molecule has 0 atom stereocenters. The second kappa shape index (κ2) is 33.4. The van der Waals surface area contributed by atoms with Crippen molar-refractivity contribution in [3.8, 4) is 0 Å². The number of hydrogen-bond donors (Lipinski definition) is 7. The van der Waals surface area contributed by atoms with E-state index < -0.39 is 0 Å². The molecule has 0 aromatic carbocycles. The Labute approximate surface area is 144 Å². The Bertz CT molecular complexity index is 143. The van der Waals surface area contributed by atoms with Gasteiger partial charge in [0.25, 0.3) is 0 Å². The monoisotopic (exact) mass is 335 g/mol. The number of nitrogens with two attached hydrogens (primary N) is 6. The zero-order chi connectivity index (χ0) is 18.0. The number of hydrogen-bond acceptors (Lipinski definition) is 7. The molecule has 0 saturated carbocycles. The average Bonchev–Trinajstić information content (AvgIpc) is 2.58. The highest BCUT2D eigenvalue weighted by atomic mass is 14.8. The van der Waals surface area contributed by atoms with E-state index in [4.69, 9.17) is 34.4 Å². The van der Waals surface area contributed by atoms with Crippen molar-refractivity contribution >= 4 is 0 Å². The Morgan fingerprint density at radius 1 is 0.348 bits per heavy atom. The van der Waals surface area contributed by atoms with E-state index in [1.54, 1.807) is 0 Å². The van der Waals surface area contributed by atoms with Crippen molar-refractivity contribution in [2.24, 2.45) is 34.4 Å². The summed E-state index contributed by atoms with van der Waals surface area (Å²) in [6.07, 6.45) is 8.94. The lowest BCUT2D eigenvalue weighted by Gasteiger charge is -2.01. The summed E-state index contributed by atoms with van der Waals surface area (Å²) >= 11 is 0. The molecule has 0 aromatic rings. The SMILES string of the molecule is NCCCCCN.NCCCCN.NCCCCNCCCN. The fraction of sp³-hybridized carbons (Fsp3) is 1.00. The third kappa shape index (κ3) is 44.9. The first-order valence-corrected chi connectivity index (χ1v) is 9.16. The molecule has 23 heavy (non-hydrogen) atoms. The molecule has 0 unspecified atom stereocenters. The van der Waals surface area contributed by atoms with E-state index in [0.717, 1.165) is 90.9 Å². The maximum Gasteiger partial charge on any atom is -0.00369 e. The van der Waals surface area contributed by atoms with Crippen molar-refractivity contribution in [1.82, 2.24) is 5.32 Å². The van der Waals surface area contributed by atoms with Gasteiger partial charge in [0, 0.05) is 0 Å². The van der Waals surface area contributed by atoms with Crippen LogP contribution in [0.5, 0.6) is 0 Å². The summed E-state index contributed by atoms with van der Waals surface area (Å²) in [6, 6.07) is 0. The number of nitrogens with one attached hydrogen (secondary N) is 1. The van der Waals surface area contributed by atoms with E-state index >= 15 is 0 Å². The van der Waals surface area contributed by atoms with Crippen molar-refractivity contribution in [1.29, 1.82) is 0 Å². The molecule has 0 heterocycles. The van der Waals surface area contributed by atoms with Crippen LogP contribution in [0.2, 0.25) is 0 Å². The van der Waals surface area contributed by atoms with Gasteiger partial charge in [0.1, 0.15) is 0 Å². The third-order valence-electron chi connectivity index (χ3n) is 2.93. The van der Waals surface area contributed by atoms with Gasteiger partial charge in [-0.05, 0) is 97.3 Å². The van der Waals surface area contributed by atoms with Crippen LogP contribution in [0.1, 0.15) is 51.4 Å². The van der Waals surface area contributed by atoms with Crippen LogP contribution in [0.4, 0.5) is 0 Å². The quantitative estimate of drug-likeness (QED) is 0.208. The molecule has 0 aliphatic heterocycles. The minimum Gasteiger partial charge on any atom is -0.330 e. The predicted molar refractivity (Wildman–Crippen MR) is 104 cm³/mol. The lowest BCUT2D eigenvalue weighted by atomic mass is 10.2. The molecule has 0 saturated heterocycles. The molecule has 0 spiro atoms. The molecule has 144 valence electrons. The Morgan fingerprint density at radius 2 is 0.652 bits per heavy atom. The Morgan fingerprint density at radius 3 is 1.04 bits per heavy atom. The second-order valence-corrected chi connectivity index (χ2v) is 5.31. The second-order valence-electron chi connectivity index (χ2n) is 5.31. The van der Waals surface area contributed by atoms with Crippen LogP contribution in [-0.4, -0.2) is 52.4 Å². The van der Waals surface area contributed by atoms with Crippen molar-refractivity contribution < 1.29 is 0 Å². The van der Waals surface area contributed by atoms with E-state index in [1.807, 2.05) is 0 Å². The van der Waals surface area contributed by atoms with Crippen LogP contribution in [0, 0.1) is 0 Å². The first kappa shape index (κ1) is 27.6. The van der Waals surface area contributed by atoms with Gasteiger partial charge in [-0.15, -0.1) is 0 Å². The normalized spacial score (nSPS) is 9.65. The van der Waals surface area contributed by atoms with Gasteiger partial charge in [-0.3, -0.25) is 0 Å². The highest BCUT2D eigenvalue weighted by molar-refractivity contribution is 4.49. The largest absolute Gasteiger partial charge is 0.330 e. The van der Waals surface area contributed by atoms with Crippen LogP contribution in [0.3, 0.4) is 0 Å². The molecule has 0 aromatic heterocycles. The zero-order valence-electron chi connectivity index (χ0n) is 15.3. The molecule has 7 nitrogen and oxygen atoms in total. The van der Waals surface area contributed by atoms with Crippen LogP contribution < -0.4 is 39.7 Å². The standard InChI is InChI=1S/C7H19N3.C5H14N2.C4H12N2/c8-4-1-2-6-10-7-3-5-9;6-4-2-1-3-5-7;5-3-1-2-4-6/h10H,1-9H2;1-7H2;1-6H2. The smallest absolute Gasteiger partial charge is 0.00369 e. The molecule has 7 heteroatoms. The van der Waals surface area contributed by atoms with E-state index in [2.05, 4.69) is 5.32 Å². The van der Waals surface area contributed by atoms with Gasteiger partial charge in [-0.2, -0.15) is 0 Å². The minimum absolute atomic E-state index is 0.775. The molecule has 0 aliphatic rings. The van der Waals surface area contributed by atoms with Gasteiger partial charge in [0.15, 0.2) is 0 Å². The highest BCUT2D eigenvalue weighted by Gasteiger charge is 1.85. The first-order valence-electron chi connectivity index (χ1n) is 9.16. The summed E-state index contributed by atoms with van der Waals surface area (Å²) < 4.78 is 0. The molecular formula is C16H45N7. The Kier molecular flexibility index (Phi) is 40.0. The lowest BCUT2D eigenvalue weighted by molar-refractivity contribution is 0.611. The van der Waals surface area contributed by atoms with E-state index in [1.165, 1.54) is 12.8 Å². The predicted octanol–water partition coefficient (Wildman–Crippen LogP) is -0.578. The Hall–Kier alpha value is -0.280. The van der Waals surface area contributed by atoms with Gasteiger partial charge in [-0.25, -0.2) is 0 Å². The molecule has 0 aliphatic carbocycles. The maximum atomic E-state index is 5.32.